The van der Waals surface area contributed by atoms with Gasteiger partial charge < -0.3 is 23.8 Å². The van der Waals surface area contributed by atoms with E-state index in [2.05, 4.69) is 81.8 Å². The number of amides is 1. The number of aryl methyl sites for hydroxylation is 2. The molecular weight excluding hydrogens is 695 g/mol. The molecule has 1 amide bonds. The van der Waals surface area contributed by atoms with Gasteiger partial charge in [0.2, 0.25) is 5.88 Å². The van der Waals surface area contributed by atoms with Crippen LogP contribution in [-0.4, -0.2) is 70.6 Å². The van der Waals surface area contributed by atoms with Gasteiger partial charge in [0.25, 0.3) is 5.69 Å². The van der Waals surface area contributed by atoms with Crippen LogP contribution in [0.1, 0.15) is 112 Å². The van der Waals surface area contributed by atoms with E-state index in [0.717, 1.165) is 52.8 Å². The predicted octanol–water partition coefficient (Wildman–Crippen LogP) is 9.89. The van der Waals surface area contributed by atoms with Crippen LogP contribution in [0.5, 0.6) is 11.6 Å². The molecule has 2 fully saturated rings. The van der Waals surface area contributed by atoms with Crippen molar-refractivity contribution in [2.45, 2.75) is 105 Å². The number of rotatable bonds is 14. The molecule has 294 valence electrons. The first-order chi connectivity index (χ1) is 26.6. The van der Waals surface area contributed by atoms with Gasteiger partial charge in [0, 0.05) is 25.1 Å². The first-order valence-electron chi connectivity index (χ1n) is 20.2. The van der Waals surface area contributed by atoms with E-state index in [4.69, 9.17) is 30.5 Å². The second-order valence-corrected chi connectivity index (χ2v) is 15.8. The summed E-state index contributed by atoms with van der Waals surface area (Å²) in [4.78, 5) is 37.6. The lowest BCUT2D eigenvalue weighted by Crippen LogP contribution is -2.42. The van der Waals surface area contributed by atoms with Gasteiger partial charge in [0.15, 0.2) is 11.5 Å². The van der Waals surface area contributed by atoms with E-state index in [9.17, 15) is 9.59 Å². The fourth-order valence-electron chi connectivity index (χ4n) is 8.26. The molecule has 1 N–H and O–H groups in total. The molecule has 2 aliphatic rings. The maximum absolute atomic E-state index is 14.1. The molecule has 2 aromatic carbocycles. The molecule has 2 unspecified atom stereocenters. The van der Waals surface area contributed by atoms with Crippen LogP contribution in [-0.2, 0) is 15.9 Å². The van der Waals surface area contributed by atoms with Crippen molar-refractivity contribution in [1.82, 2.24) is 19.5 Å². The fourth-order valence-corrected chi connectivity index (χ4v) is 8.26. The summed E-state index contributed by atoms with van der Waals surface area (Å²) in [7, 11) is 0. The van der Waals surface area contributed by atoms with Gasteiger partial charge in [-0.15, -0.1) is 0 Å². The molecule has 1 saturated carbocycles. The van der Waals surface area contributed by atoms with Crippen molar-refractivity contribution in [2.24, 2.45) is 17.8 Å². The van der Waals surface area contributed by atoms with Crippen molar-refractivity contribution >= 4 is 23.4 Å². The van der Waals surface area contributed by atoms with Crippen molar-refractivity contribution in [1.29, 1.82) is 0 Å². The van der Waals surface area contributed by atoms with Crippen LogP contribution in [0.2, 0.25) is 0 Å². The van der Waals surface area contributed by atoms with Gasteiger partial charge in [-0.25, -0.2) is 23.9 Å². The lowest BCUT2D eigenvalue weighted by atomic mass is 9.75. The first-order valence-corrected chi connectivity index (χ1v) is 20.2. The number of aromatic nitrogens is 3. The van der Waals surface area contributed by atoms with E-state index in [-0.39, 0.29) is 40.7 Å². The van der Waals surface area contributed by atoms with Crippen molar-refractivity contribution in [2.75, 3.05) is 32.9 Å². The molecule has 11 nitrogen and oxygen atoms in total. The van der Waals surface area contributed by atoms with Gasteiger partial charge in [-0.1, -0.05) is 89.6 Å². The highest BCUT2D eigenvalue weighted by molar-refractivity contribution is 6.05. The minimum atomic E-state index is -0.647. The van der Waals surface area contributed by atoms with Crippen molar-refractivity contribution in [3.05, 3.63) is 75.6 Å². The van der Waals surface area contributed by atoms with E-state index in [1.54, 1.807) is 0 Å². The molecule has 0 radical (unpaired) electrons. The Morgan fingerprint density at radius 2 is 1.69 bits per heavy atom. The average molecular weight is 752 g/mol. The number of carbonyl (C=O) groups is 2. The smallest absolute Gasteiger partial charge is 0.415 e. The van der Waals surface area contributed by atoms with Crippen molar-refractivity contribution in [3.63, 3.8) is 0 Å². The summed E-state index contributed by atoms with van der Waals surface area (Å²) in [6.07, 6.45) is 8.86. The Morgan fingerprint density at radius 3 is 2.42 bits per heavy atom. The van der Waals surface area contributed by atoms with Crippen LogP contribution in [0, 0.1) is 38.2 Å². The monoisotopic (exact) mass is 751 g/mol. The van der Waals surface area contributed by atoms with E-state index in [1.807, 2.05) is 6.07 Å². The van der Waals surface area contributed by atoms with Gasteiger partial charge in [-0.05, 0) is 79.7 Å². The second-order valence-electron chi connectivity index (χ2n) is 15.8. The third kappa shape index (κ3) is 9.35. The number of unbranched alkanes of at least 4 members (excludes halogenated alkanes) is 5. The summed E-state index contributed by atoms with van der Waals surface area (Å²) >= 11 is 0. The highest BCUT2D eigenvalue weighted by Crippen LogP contribution is 2.41. The summed E-state index contributed by atoms with van der Waals surface area (Å²) in [5.74, 6) is 1.47. The molecule has 4 aromatic rings. The van der Waals surface area contributed by atoms with Crippen LogP contribution in [0.4, 0.5) is 10.5 Å². The number of esters is 1. The Hall–Kier alpha value is -4.82. The van der Waals surface area contributed by atoms with Crippen LogP contribution < -0.4 is 9.47 Å². The Balaban J connectivity index is 1.32. The zero-order valence-corrected chi connectivity index (χ0v) is 33.4. The standard InChI is InChI=1S/C44H57N5O6/c1-8-9-10-11-12-13-20-53-36-17-14-28(2)25-35(36)27-34-26-33(16-15-30(34)4)40-46-41-37(43(50)54-39-31(5)23-29(3)24-32(39)6)38(45-7)42(49(41)47-40)55-44(51)48-18-21-52-22-19-48/h14-17,25-26,29,31-32,39H,8-13,18-24,27H2,1-6H3,(H,46,47). The molecule has 2 aromatic heterocycles. The Morgan fingerprint density at radius 1 is 0.964 bits per heavy atom. The lowest BCUT2D eigenvalue weighted by Gasteiger charge is -2.37. The highest BCUT2D eigenvalue weighted by Gasteiger charge is 2.38. The van der Waals surface area contributed by atoms with E-state index >= 15 is 0 Å². The number of benzene rings is 2. The SMILES string of the molecule is [C-]#[N+]c1c(C(=O)OC2C(C)CC(C)CC2C)c2nc(-c3ccc(C)c(Cc4cc(C)ccc4OCCCCCCCC)c3)[nH]n2c1OC(=O)N1CCOCC1. The largest absolute Gasteiger partial charge is 0.493 e. The predicted molar refractivity (Wildman–Crippen MR) is 213 cm³/mol. The topological polar surface area (TPSA) is 112 Å². The summed E-state index contributed by atoms with van der Waals surface area (Å²) in [5.41, 5.74) is 5.33. The van der Waals surface area contributed by atoms with Crippen LogP contribution >= 0.6 is 0 Å². The number of hydrogen-bond donors (Lipinski definition) is 1. The number of ether oxygens (including phenoxy) is 4. The summed E-state index contributed by atoms with van der Waals surface area (Å²) in [6.45, 7) is 23.2. The normalized spacial score (nSPS) is 20.0. The van der Waals surface area contributed by atoms with Crippen molar-refractivity contribution < 1.29 is 28.5 Å². The zero-order valence-electron chi connectivity index (χ0n) is 33.4. The molecule has 3 heterocycles. The second kappa shape index (κ2) is 18.2. The maximum Gasteiger partial charge on any atom is 0.415 e. The van der Waals surface area contributed by atoms with Gasteiger partial charge in [-0.3, -0.25) is 5.10 Å². The number of nitrogens with zero attached hydrogens (tertiary/aromatic N) is 4. The first kappa shape index (κ1) is 39.9. The maximum atomic E-state index is 14.1. The molecule has 1 aliphatic heterocycles. The third-order valence-corrected chi connectivity index (χ3v) is 11.2. The highest BCUT2D eigenvalue weighted by atomic mass is 16.6. The Labute approximate surface area is 325 Å². The molecule has 0 bridgehead atoms. The number of fused-ring (bicyclic) bond motifs is 1. The zero-order chi connectivity index (χ0) is 39.1. The minimum absolute atomic E-state index is 0.0143. The van der Waals surface area contributed by atoms with Gasteiger partial charge in [-0.2, -0.15) is 0 Å². The molecule has 1 saturated heterocycles. The fraction of sp³-hybridized carbons (Fsp3) is 0.545. The van der Waals surface area contributed by atoms with Crippen LogP contribution in [0.25, 0.3) is 21.9 Å². The van der Waals surface area contributed by atoms with E-state index in [0.29, 0.717) is 51.1 Å². The number of aromatic amines is 1. The molecule has 1 aliphatic carbocycles. The molecule has 55 heavy (non-hydrogen) atoms. The Bertz CT molecular complexity index is 1990. The summed E-state index contributed by atoms with van der Waals surface area (Å²) in [5, 5.41) is 3.26. The molecule has 0 spiro atoms. The van der Waals surface area contributed by atoms with Gasteiger partial charge in [0.1, 0.15) is 17.4 Å². The average Bonchev–Trinajstić information content (AvgIpc) is 3.72. The van der Waals surface area contributed by atoms with E-state index in [1.165, 1.54) is 41.5 Å². The molecule has 2 atom stereocenters. The quantitative estimate of drug-likeness (QED) is 0.0776. The number of H-pyrrole nitrogens is 1. The summed E-state index contributed by atoms with van der Waals surface area (Å²) < 4.78 is 25.3. The van der Waals surface area contributed by atoms with Crippen LogP contribution in [0.3, 0.4) is 0 Å². The lowest BCUT2D eigenvalue weighted by molar-refractivity contribution is -0.0249. The molecule has 11 heteroatoms. The summed E-state index contributed by atoms with van der Waals surface area (Å²) in [6, 6.07) is 12.5. The van der Waals surface area contributed by atoms with Gasteiger partial charge >= 0.3 is 12.1 Å². The number of morpholine rings is 1. The Kier molecular flexibility index (Phi) is 13.2. The number of carbonyl (C=O) groups excluding carboxylic acids is 2. The minimum Gasteiger partial charge on any atom is -0.493 e. The van der Waals surface area contributed by atoms with Crippen molar-refractivity contribution in [3.8, 4) is 23.0 Å². The van der Waals surface area contributed by atoms with Gasteiger partial charge in [0.05, 0.1) is 26.4 Å². The molecule has 6 rings (SSSR count). The van der Waals surface area contributed by atoms with E-state index < -0.39 is 12.1 Å². The number of nitrogens with one attached hydrogen (secondary N) is 1. The third-order valence-electron chi connectivity index (χ3n) is 11.2. The molecular formula is C44H57N5O6. The van der Waals surface area contributed by atoms with Crippen LogP contribution in [0.15, 0.2) is 36.4 Å². The number of hydrogen-bond acceptors (Lipinski definition) is 7.